The fourth-order valence-electron chi connectivity index (χ4n) is 10.6. The molecule has 218 valence electrons. The summed E-state index contributed by atoms with van der Waals surface area (Å²) < 4.78 is 8.03. The van der Waals surface area contributed by atoms with E-state index in [0.29, 0.717) is 0 Å². The Hall–Kier alpha value is 1.84. The summed E-state index contributed by atoms with van der Waals surface area (Å²) in [6.07, 6.45) is 48.6. The van der Waals surface area contributed by atoms with Gasteiger partial charge in [0, 0.05) is 0 Å². The summed E-state index contributed by atoms with van der Waals surface area (Å²) >= 11 is -2.68. The number of rotatable bonds is 6. The van der Waals surface area contributed by atoms with Crippen LogP contribution >= 0.6 is 0 Å². The monoisotopic (exact) mass is 914 g/mol. The summed E-state index contributed by atoms with van der Waals surface area (Å²) in [6, 6.07) is 0. The van der Waals surface area contributed by atoms with Crippen molar-refractivity contribution in [2.75, 3.05) is 0 Å². The van der Waals surface area contributed by atoms with Gasteiger partial charge in [0.05, 0.1) is 0 Å². The molecule has 6 aliphatic carbocycles. The van der Waals surface area contributed by atoms with Crippen LogP contribution in [0.2, 0.25) is 20.9 Å². The van der Waals surface area contributed by atoms with E-state index in [2.05, 4.69) is 0 Å². The van der Waals surface area contributed by atoms with Crippen LogP contribution in [0, 0.1) is 0 Å². The van der Waals surface area contributed by atoms with E-state index in [1.165, 1.54) is 20.9 Å². The van der Waals surface area contributed by atoms with Gasteiger partial charge in [0.25, 0.3) is 0 Å². The Kier molecular flexibility index (Phi) is 14.7. The topological polar surface area (TPSA) is 0 Å². The van der Waals surface area contributed by atoms with Gasteiger partial charge in [0.2, 0.25) is 0 Å². The molecule has 0 aromatic carbocycles. The van der Waals surface area contributed by atoms with Crippen molar-refractivity contribution < 1.29 is 0 Å². The third-order valence-electron chi connectivity index (χ3n) is 12.5. The van der Waals surface area contributed by atoms with Crippen molar-refractivity contribution in [3.05, 3.63) is 0 Å². The van der Waals surface area contributed by atoms with Crippen molar-refractivity contribution in [2.45, 2.75) is 213 Å². The van der Waals surface area contributed by atoms with Crippen molar-refractivity contribution >= 4 is 45.4 Å². The molecule has 0 heterocycles. The summed E-state index contributed by atoms with van der Waals surface area (Å²) in [7, 11) is 0. The van der Waals surface area contributed by atoms with Gasteiger partial charge in [-0.15, -0.1) is 0 Å². The van der Waals surface area contributed by atoms with Crippen LogP contribution in [0.15, 0.2) is 0 Å². The van der Waals surface area contributed by atoms with Gasteiger partial charge in [-0.3, -0.25) is 0 Å². The molecular weight excluding hydrogens is 847 g/mol. The van der Waals surface area contributed by atoms with Crippen LogP contribution in [-0.4, -0.2) is 45.4 Å². The quantitative estimate of drug-likeness (QED) is 0.233. The molecule has 0 spiro atoms. The van der Waals surface area contributed by atoms with Gasteiger partial charge in [0.1, 0.15) is 0 Å². The van der Waals surface area contributed by atoms with Crippen molar-refractivity contribution in [3.8, 4) is 0 Å². The molecule has 0 aliphatic heterocycles. The molecule has 0 atom stereocenters. The van der Waals surface area contributed by atoms with Gasteiger partial charge in [0.15, 0.2) is 0 Å². The molecule has 0 amide bonds. The van der Waals surface area contributed by atoms with Crippen molar-refractivity contribution in [1.29, 1.82) is 0 Å². The number of hydrogen-bond donors (Lipinski definition) is 0. The third-order valence-corrected chi connectivity index (χ3v) is 47.9. The van der Waals surface area contributed by atoms with Gasteiger partial charge < -0.3 is 0 Å². The Balaban J connectivity index is 0.000000155. The molecule has 6 aliphatic rings. The summed E-state index contributed by atoms with van der Waals surface area (Å²) in [5.41, 5.74) is 0. The van der Waals surface area contributed by atoms with Gasteiger partial charge >= 0.3 is 259 Å². The Labute approximate surface area is 256 Å². The van der Waals surface area contributed by atoms with Crippen LogP contribution in [0.3, 0.4) is 0 Å². The zero-order chi connectivity index (χ0) is 25.8. The zero-order valence-electron chi connectivity index (χ0n) is 25.7. The summed E-state index contributed by atoms with van der Waals surface area (Å²) in [5, 5.41) is 0. The van der Waals surface area contributed by atoms with Crippen molar-refractivity contribution in [1.82, 2.24) is 0 Å². The predicted molar refractivity (Wildman–Crippen MR) is 173 cm³/mol. The van der Waals surface area contributed by atoms with E-state index in [4.69, 9.17) is 0 Å². The molecule has 0 bridgehead atoms. The molecule has 0 aromatic rings. The molecule has 0 saturated heterocycles. The first kappa shape index (κ1) is 31.3. The second kappa shape index (κ2) is 17.8. The van der Waals surface area contributed by atoms with Crippen molar-refractivity contribution in [2.24, 2.45) is 0 Å². The van der Waals surface area contributed by atoms with Gasteiger partial charge in [-0.2, -0.15) is 0 Å². The molecule has 2 heteroatoms. The van der Waals surface area contributed by atoms with Crippen LogP contribution in [0.25, 0.3) is 0 Å². The van der Waals surface area contributed by atoms with Gasteiger partial charge in [-0.25, -0.2) is 0 Å². The molecule has 0 aromatic heterocycles. The Bertz CT molecular complexity index is 457. The van der Waals surface area contributed by atoms with E-state index in [-0.39, 0.29) is 0 Å². The average Bonchev–Trinajstić information content (AvgIpc) is 3.01. The molecule has 0 nitrogen and oxygen atoms in total. The van der Waals surface area contributed by atoms with E-state index in [1.807, 2.05) is 0 Å². The minimum atomic E-state index is -1.34. The van der Waals surface area contributed by atoms with E-state index >= 15 is 0 Å². The molecule has 6 fully saturated rings. The second-order valence-corrected chi connectivity index (χ2v) is 41.8. The van der Waals surface area contributed by atoms with E-state index in [9.17, 15) is 0 Å². The summed E-state index contributed by atoms with van der Waals surface area (Å²) in [4.78, 5) is 0. The fraction of sp³-hybridized carbons (Fsp3) is 1.00. The van der Waals surface area contributed by atoms with Crippen LogP contribution in [0.5, 0.6) is 0 Å². The van der Waals surface area contributed by atoms with Gasteiger partial charge in [-0.1, -0.05) is 0 Å². The average molecular weight is 913 g/mol. The third kappa shape index (κ3) is 9.42. The normalized spacial score (nSPS) is 28.9. The fourth-order valence-corrected chi connectivity index (χ4v) is 51.2. The summed E-state index contributed by atoms with van der Waals surface area (Å²) in [5.74, 6) is 0. The van der Waals surface area contributed by atoms with Crippen LogP contribution in [0.4, 0.5) is 0 Å². The molecule has 0 unspecified atom stereocenters. The van der Waals surface area contributed by atoms with Crippen LogP contribution in [0.1, 0.15) is 193 Å². The molecule has 2 radical (unpaired) electrons. The minimum absolute atomic E-state index is 1.34. The summed E-state index contributed by atoms with van der Waals surface area (Å²) in [6.45, 7) is 0. The molecule has 38 heavy (non-hydrogen) atoms. The second-order valence-electron chi connectivity index (χ2n) is 15.0. The first-order chi connectivity index (χ1) is 18.9. The maximum atomic E-state index is 1.68. The maximum absolute atomic E-state index is 1.68. The van der Waals surface area contributed by atoms with Crippen LogP contribution in [-0.2, 0) is 0 Å². The van der Waals surface area contributed by atoms with E-state index in [0.717, 1.165) is 0 Å². The number of hydrogen-bond acceptors (Lipinski definition) is 0. The SMILES string of the molecule is C1CC[CH]([Pb]([CH]2CCCCC2)[CH]2CCCCC2)CC1.C1CC[CH]([Pb]([CH]2CCCCC2)[CH]2CCCCC2)CC1. The molecule has 6 rings (SSSR count). The van der Waals surface area contributed by atoms with E-state index in [1.54, 1.807) is 193 Å². The standard InChI is InChI=1S/6C6H11.2Pb/c6*1-2-4-6-5-3-1;;/h6*1H,2-6H2;;. The van der Waals surface area contributed by atoms with Crippen molar-refractivity contribution in [3.63, 3.8) is 0 Å². The molecule has 6 saturated carbocycles. The van der Waals surface area contributed by atoms with Crippen LogP contribution < -0.4 is 0 Å². The van der Waals surface area contributed by atoms with E-state index < -0.39 is 45.4 Å². The predicted octanol–water partition coefficient (Wildman–Crippen LogP) is 13.0. The Morgan fingerprint density at radius 2 is 0.316 bits per heavy atom. The zero-order valence-corrected chi connectivity index (χ0v) is 33.5. The molecular formula is C36H66Pb2. The van der Waals surface area contributed by atoms with Gasteiger partial charge in [-0.05, 0) is 0 Å². The Morgan fingerprint density at radius 1 is 0.184 bits per heavy atom. The molecule has 0 N–H and O–H groups in total. The first-order valence-electron chi connectivity index (χ1n) is 18.6. The first-order valence-corrected chi connectivity index (χ1v) is 32.1. The Morgan fingerprint density at radius 3 is 0.447 bits per heavy atom.